The summed E-state index contributed by atoms with van der Waals surface area (Å²) in [7, 11) is 5.30. The van der Waals surface area contributed by atoms with Gasteiger partial charge in [-0.05, 0) is 37.3 Å². The van der Waals surface area contributed by atoms with Crippen LogP contribution in [-0.4, -0.2) is 39.5 Å². The molecule has 2 rings (SSSR count). The molecule has 0 heterocycles. The molecule has 2 aromatic carbocycles. The average Bonchev–Trinajstić information content (AvgIpc) is 2.59. The largest absolute Gasteiger partial charge is 0.493 e. The van der Waals surface area contributed by atoms with E-state index in [0.717, 1.165) is 5.69 Å². The number of Topliss-reactive ketones (excluding diaryl/α,β-unsaturated/α-hetero) is 1. The Bertz CT molecular complexity index is 772. The smallest absolute Gasteiger partial charge is 0.262 e. The number of ether oxygens (including phenoxy) is 2. The van der Waals surface area contributed by atoms with Crippen molar-refractivity contribution in [2.45, 2.75) is 6.92 Å². The summed E-state index contributed by atoms with van der Waals surface area (Å²) in [4.78, 5) is 25.5. The van der Waals surface area contributed by atoms with Crippen LogP contribution in [0.25, 0.3) is 0 Å². The zero-order valence-electron chi connectivity index (χ0n) is 14.8. The summed E-state index contributed by atoms with van der Waals surface area (Å²) >= 11 is 0. The van der Waals surface area contributed by atoms with Crippen molar-refractivity contribution < 1.29 is 19.1 Å². The van der Waals surface area contributed by atoms with Gasteiger partial charge in [-0.1, -0.05) is 12.1 Å². The number of carbonyl (C=O) groups excluding carboxylic acids is 2. The van der Waals surface area contributed by atoms with Crippen molar-refractivity contribution in [2.75, 3.05) is 38.0 Å². The minimum atomic E-state index is -0.285. The molecule has 0 atom stereocenters. The number of methoxy groups -OCH3 is 1. The van der Waals surface area contributed by atoms with Crippen LogP contribution in [0.4, 0.5) is 11.4 Å². The monoisotopic (exact) mass is 342 g/mol. The first-order valence-corrected chi connectivity index (χ1v) is 7.80. The molecular formula is C19H22N2O4. The first kappa shape index (κ1) is 18.3. The lowest BCUT2D eigenvalue weighted by atomic mass is 10.1. The van der Waals surface area contributed by atoms with E-state index in [2.05, 4.69) is 5.32 Å². The van der Waals surface area contributed by atoms with Gasteiger partial charge in [-0.2, -0.15) is 0 Å². The van der Waals surface area contributed by atoms with Gasteiger partial charge in [0, 0.05) is 19.7 Å². The third kappa shape index (κ3) is 4.73. The van der Waals surface area contributed by atoms with Gasteiger partial charge >= 0.3 is 0 Å². The first-order chi connectivity index (χ1) is 11.9. The highest BCUT2D eigenvalue weighted by Crippen LogP contribution is 2.28. The van der Waals surface area contributed by atoms with Crippen molar-refractivity contribution in [3.05, 3.63) is 48.0 Å². The zero-order chi connectivity index (χ0) is 18.4. The highest BCUT2D eigenvalue weighted by atomic mass is 16.5. The van der Waals surface area contributed by atoms with Crippen LogP contribution >= 0.6 is 0 Å². The average molecular weight is 342 g/mol. The molecule has 0 radical (unpaired) electrons. The summed E-state index contributed by atoms with van der Waals surface area (Å²) < 4.78 is 10.8. The second-order valence-corrected chi connectivity index (χ2v) is 5.67. The number of amides is 1. The zero-order valence-corrected chi connectivity index (χ0v) is 14.8. The predicted molar refractivity (Wildman–Crippen MR) is 97.9 cm³/mol. The van der Waals surface area contributed by atoms with Crippen LogP contribution in [0.2, 0.25) is 0 Å². The summed E-state index contributed by atoms with van der Waals surface area (Å²) in [6.07, 6.45) is 0. The van der Waals surface area contributed by atoms with Crippen LogP contribution in [0.1, 0.15) is 17.3 Å². The molecule has 25 heavy (non-hydrogen) atoms. The van der Waals surface area contributed by atoms with Gasteiger partial charge in [-0.3, -0.25) is 9.59 Å². The van der Waals surface area contributed by atoms with E-state index in [9.17, 15) is 9.59 Å². The van der Waals surface area contributed by atoms with E-state index in [4.69, 9.17) is 9.47 Å². The van der Waals surface area contributed by atoms with E-state index in [-0.39, 0.29) is 18.3 Å². The number of anilines is 2. The minimum absolute atomic E-state index is 0.0668. The van der Waals surface area contributed by atoms with Crippen LogP contribution in [-0.2, 0) is 4.79 Å². The lowest BCUT2D eigenvalue weighted by Gasteiger charge is -2.18. The third-order valence-corrected chi connectivity index (χ3v) is 3.59. The molecule has 6 heteroatoms. The van der Waals surface area contributed by atoms with E-state index >= 15 is 0 Å². The van der Waals surface area contributed by atoms with Crippen molar-refractivity contribution in [1.29, 1.82) is 0 Å². The fourth-order valence-electron chi connectivity index (χ4n) is 2.30. The van der Waals surface area contributed by atoms with Crippen molar-refractivity contribution in [1.82, 2.24) is 0 Å². The molecule has 6 nitrogen and oxygen atoms in total. The quantitative estimate of drug-likeness (QED) is 0.784. The Balaban J connectivity index is 2.04. The van der Waals surface area contributed by atoms with Gasteiger partial charge < -0.3 is 19.7 Å². The summed E-state index contributed by atoms with van der Waals surface area (Å²) in [5.74, 6) is 0.465. The normalized spacial score (nSPS) is 10.1. The fraction of sp³-hybridized carbons (Fsp3) is 0.263. The van der Waals surface area contributed by atoms with Crippen LogP contribution < -0.4 is 19.7 Å². The Morgan fingerprint density at radius 1 is 1.08 bits per heavy atom. The molecule has 0 bridgehead atoms. The molecule has 0 fully saturated rings. The number of benzene rings is 2. The molecule has 0 aliphatic rings. The maximum Gasteiger partial charge on any atom is 0.262 e. The number of hydrogen-bond acceptors (Lipinski definition) is 5. The van der Waals surface area contributed by atoms with E-state index < -0.39 is 0 Å². The molecule has 1 amide bonds. The first-order valence-electron chi connectivity index (χ1n) is 7.80. The molecule has 0 saturated heterocycles. The number of rotatable bonds is 7. The molecule has 0 spiro atoms. The summed E-state index contributed by atoms with van der Waals surface area (Å²) in [6, 6.07) is 12.4. The van der Waals surface area contributed by atoms with E-state index in [0.29, 0.717) is 22.7 Å². The van der Waals surface area contributed by atoms with Crippen molar-refractivity contribution in [2.24, 2.45) is 0 Å². The van der Waals surface area contributed by atoms with Crippen LogP contribution in [0.3, 0.4) is 0 Å². The molecule has 0 saturated carbocycles. The molecule has 0 aliphatic carbocycles. The van der Waals surface area contributed by atoms with E-state index in [1.54, 1.807) is 18.2 Å². The van der Waals surface area contributed by atoms with Gasteiger partial charge in [-0.15, -0.1) is 0 Å². The predicted octanol–water partition coefficient (Wildman–Crippen LogP) is 2.98. The number of nitrogens with one attached hydrogen (secondary N) is 1. The molecular weight excluding hydrogens is 320 g/mol. The highest BCUT2D eigenvalue weighted by molar-refractivity contribution is 5.96. The van der Waals surface area contributed by atoms with Gasteiger partial charge in [0.1, 0.15) is 0 Å². The molecule has 0 aromatic heterocycles. The van der Waals surface area contributed by atoms with E-state index in [1.807, 2.05) is 43.3 Å². The van der Waals surface area contributed by atoms with Crippen molar-refractivity contribution in [3.63, 3.8) is 0 Å². The second-order valence-electron chi connectivity index (χ2n) is 5.67. The molecule has 0 aliphatic heterocycles. The van der Waals surface area contributed by atoms with Gasteiger partial charge in [-0.25, -0.2) is 0 Å². The van der Waals surface area contributed by atoms with Crippen LogP contribution in [0, 0.1) is 0 Å². The minimum Gasteiger partial charge on any atom is -0.493 e. The topological polar surface area (TPSA) is 67.9 Å². The third-order valence-electron chi connectivity index (χ3n) is 3.59. The Morgan fingerprint density at radius 3 is 2.44 bits per heavy atom. The molecule has 2 aromatic rings. The number of hydrogen-bond donors (Lipinski definition) is 1. The Kier molecular flexibility index (Phi) is 6.00. The SMILES string of the molecule is COc1cc(C(C)=O)ccc1OCC(=O)Nc1ccccc1N(C)C. The second kappa shape index (κ2) is 8.19. The summed E-state index contributed by atoms with van der Waals surface area (Å²) in [5.41, 5.74) is 2.13. The Morgan fingerprint density at radius 2 is 1.80 bits per heavy atom. The lowest BCUT2D eigenvalue weighted by Crippen LogP contribution is -2.22. The number of nitrogens with zero attached hydrogens (tertiary/aromatic N) is 1. The van der Waals surface area contributed by atoms with Crippen molar-refractivity contribution in [3.8, 4) is 11.5 Å². The van der Waals surface area contributed by atoms with E-state index in [1.165, 1.54) is 14.0 Å². The molecule has 1 N–H and O–H groups in total. The Labute approximate surface area is 147 Å². The fourth-order valence-corrected chi connectivity index (χ4v) is 2.30. The molecule has 0 unspecified atom stereocenters. The summed E-state index contributed by atoms with van der Waals surface area (Å²) in [6.45, 7) is 1.31. The van der Waals surface area contributed by atoms with Gasteiger partial charge in [0.05, 0.1) is 18.5 Å². The van der Waals surface area contributed by atoms with Gasteiger partial charge in [0.15, 0.2) is 23.9 Å². The number of ketones is 1. The molecule has 132 valence electrons. The van der Waals surface area contributed by atoms with Gasteiger partial charge in [0.25, 0.3) is 5.91 Å². The lowest BCUT2D eigenvalue weighted by molar-refractivity contribution is -0.118. The summed E-state index contributed by atoms with van der Waals surface area (Å²) in [5, 5.41) is 2.83. The van der Waals surface area contributed by atoms with Crippen LogP contribution in [0.5, 0.6) is 11.5 Å². The highest BCUT2D eigenvalue weighted by Gasteiger charge is 2.12. The number of carbonyl (C=O) groups is 2. The maximum absolute atomic E-state index is 12.2. The maximum atomic E-state index is 12.2. The Hall–Kier alpha value is -3.02. The van der Waals surface area contributed by atoms with Gasteiger partial charge in [0.2, 0.25) is 0 Å². The van der Waals surface area contributed by atoms with Crippen LogP contribution in [0.15, 0.2) is 42.5 Å². The number of para-hydroxylation sites is 2. The van der Waals surface area contributed by atoms with Crippen molar-refractivity contribution >= 4 is 23.1 Å². The standard InChI is InChI=1S/C19H22N2O4/c1-13(22)14-9-10-17(18(11-14)24-4)25-12-19(23)20-15-7-5-6-8-16(15)21(2)3/h5-11H,12H2,1-4H3,(H,20,23).